The molecule has 2 rings (SSSR count). The third-order valence-electron chi connectivity index (χ3n) is 2.90. The van der Waals surface area contributed by atoms with Crippen LogP contribution < -0.4 is 5.32 Å². The second-order valence-corrected chi connectivity index (χ2v) is 4.10. The first-order valence-electron chi connectivity index (χ1n) is 5.80. The summed E-state index contributed by atoms with van der Waals surface area (Å²) in [5.74, 6) is -0.260. The number of H-pyrrole nitrogens is 1. The normalized spacial score (nSPS) is 18.9. The monoisotopic (exact) mass is 253 g/mol. The van der Waals surface area contributed by atoms with Gasteiger partial charge >= 0.3 is 12.0 Å². The number of hydrogen-bond acceptors (Lipinski definition) is 4. The Morgan fingerprint density at radius 3 is 3.11 bits per heavy atom. The van der Waals surface area contributed by atoms with Crippen molar-refractivity contribution in [1.29, 1.82) is 0 Å². The van der Waals surface area contributed by atoms with Gasteiger partial charge in [-0.25, -0.2) is 14.6 Å². The van der Waals surface area contributed by atoms with E-state index in [-0.39, 0.29) is 6.03 Å². The summed E-state index contributed by atoms with van der Waals surface area (Å²) in [6, 6.07) is -1.03. The zero-order chi connectivity index (χ0) is 13.0. The van der Waals surface area contributed by atoms with E-state index in [1.165, 1.54) is 11.2 Å². The van der Waals surface area contributed by atoms with Crippen molar-refractivity contribution in [2.75, 3.05) is 13.1 Å². The molecule has 1 fully saturated rings. The van der Waals surface area contributed by atoms with E-state index in [9.17, 15) is 9.59 Å². The van der Waals surface area contributed by atoms with Crippen LogP contribution in [0.5, 0.6) is 0 Å². The van der Waals surface area contributed by atoms with Crippen molar-refractivity contribution in [2.24, 2.45) is 0 Å². The van der Waals surface area contributed by atoms with Gasteiger partial charge in [-0.1, -0.05) is 0 Å². The van der Waals surface area contributed by atoms with Crippen LogP contribution in [0.3, 0.4) is 0 Å². The maximum atomic E-state index is 11.8. The van der Waals surface area contributed by atoms with Crippen molar-refractivity contribution in [3.63, 3.8) is 0 Å². The Morgan fingerprint density at radius 2 is 2.44 bits per heavy atom. The van der Waals surface area contributed by atoms with Gasteiger partial charge in [0.05, 0.1) is 0 Å². The molecule has 0 spiro atoms. The second-order valence-electron chi connectivity index (χ2n) is 4.10. The molecule has 8 heteroatoms. The van der Waals surface area contributed by atoms with E-state index in [4.69, 9.17) is 5.11 Å². The molecule has 1 saturated heterocycles. The summed E-state index contributed by atoms with van der Waals surface area (Å²) in [6.45, 7) is 0.891. The van der Waals surface area contributed by atoms with Crippen molar-refractivity contribution in [2.45, 2.75) is 25.3 Å². The van der Waals surface area contributed by atoms with Gasteiger partial charge in [0, 0.05) is 19.5 Å². The maximum absolute atomic E-state index is 11.8. The van der Waals surface area contributed by atoms with Crippen LogP contribution in [0.25, 0.3) is 0 Å². The predicted octanol–water partition coefficient (Wildman–Crippen LogP) is -0.394. The van der Waals surface area contributed by atoms with E-state index in [2.05, 4.69) is 20.5 Å². The summed E-state index contributed by atoms with van der Waals surface area (Å²) < 4.78 is 0. The van der Waals surface area contributed by atoms with Gasteiger partial charge in [-0.15, -0.1) is 0 Å². The maximum Gasteiger partial charge on any atom is 0.326 e. The average molecular weight is 253 g/mol. The lowest BCUT2D eigenvalue weighted by molar-refractivity contribution is -0.141. The number of rotatable bonds is 4. The number of nitrogens with zero attached hydrogens (tertiary/aromatic N) is 3. The Hall–Kier alpha value is -2.12. The average Bonchev–Trinajstić information content (AvgIpc) is 2.99. The van der Waals surface area contributed by atoms with Crippen LogP contribution in [0.1, 0.15) is 18.7 Å². The molecule has 3 N–H and O–H groups in total. The van der Waals surface area contributed by atoms with Crippen LogP contribution in [0.4, 0.5) is 4.79 Å². The SMILES string of the molecule is O=C(O)[C@H]1CCCN1C(=O)NCCc1ncn[nH]1. The van der Waals surface area contributed by atoms with Gasteiger partial charge in [-0.2, -0.15) is 5.10 Å². The zero-order valence-electron chi connectivity index (χ0n) is 9.80. The van der Waals surface area contributed by atoms with Crippen LogP contribution >= 0.6 is 0 Å². The number of aromatic nitrogens is 3. The molecular formula is C10H15N5O3. The van der Waals surface area contributed by atoms with Gasteiger partial charge in [0.1, 0.15) is 18.2 Å². The standard InChI is InChI=1S/C10H15N5O3/c16-9(17)7-2-1-5-15(7)10(18)11-4-3-8-12-6-13-14-8/h6-7H,1-5H2,(H,11,18)(H,16,17)(H,12,13,14)/t7-/m1/s1. The Balaban J connectivity index is 1.79. The molecule has 1 aliphatic rings. The molecule has 8 nitrogen and oxygen atoms in total. The highest BCUT2D eigenvalue weighted by Gasteiger charge is 2.33. The zero-order valence-corrected chi connectivity index (χ0v) is 9.80. The van der Waals surface area contributed by atoms with Crippen molar-refractivity contribution >= 4 is 12.0 Å². The number of hydrogen-bond donors (Lipinski definition) is 3. The molecule has 1 aromatic rings. The van der Waals surface area contributed by atoms with Crippen molar-refractivity contribution in [1.82, 2.24) is 25.4 Å². The van der Waals surface area contributed by atoms with Crippen LogP contribution in [-0.2, 0) is 11.2 Å². The smallest absolute Gasteiger partial charge is 0.326 e. The molecular weight excluding hydrogens is 238 g/mol. The highest BCUT2D eigenvalue weighted by atomic mass is 16.4. The van der Waals surface area contributed by atoms with Crippen molar-refractivity contribution in [3.05, 3.63) is 12.2 Å². The van der Waals surface area contributed by atoms with E-state index in [0.29, 0.717) is 31.8 Å². The van der Waals surface area contributed by atoms with E-state index in [1.807, 2.05) is 0 Å². The largest absolute Gasteiger partial charge is 0.480 e. The molecule has 98 valence electrons. The minimum Gasteiger partial charge on any atom is -0.480 e. The summed E-state index contributed by atoms with van der Waals surface area (Å²) in [4.78, 5) is 28.0. The minimum absolute atomic E-state index is 0.334. The van der Waals surface area contributed by atoms with E-state index < -0.39 is 12.0 Å². The fourth-order valence-electron chi connectivity index (χ4n) is 2.01. The van der Waals surface area contributed by atoms with Crippen LogP contribution in [-0.4, -0.2) is 56.3 Å². The number of carboxylic acid groups (broad SMARTS) is 1. The van der Waals surface area contributed by atoms with Crippen LogP contribution in [0.15, 0.2) is 6.33 Å². The van der Waals surface area contributed by atoms with Gasteiger partial charge in [0.25, 0.3) is 0 Å². The van der Waals surface area contributed by atoms with E-state index in [1.54, 1.807) is 0 Å². The number of carbonyl (C=O) groups excluding carboxylic acids is 1. The fourth-order valence-corrected chi connectivity index (χ4v) is 2.01. The van der Waals surface area contributed by atoms with Crippen molar-refractivity contribution < 1.29 is 14.7 Å². The third kappa shape index (κ3) is 2.76. The molecule has 2 amide bonds. The molecule has 0 aromatic carbocycles. The number of likely N-dealkylation sites (tertiary alicyclic amines) is 1. The molecule has 1 aromatic heterocycles. The first-order chi connectivity index (χ1) is 8.68. The molecule has 1 atom stereocenters. The van der Waals surface area contributed by atoms with Crippen molar-refractivity contribution in [3.8, 4) is 0 Å². The molecule has 0 bridgehead atoms. The van der Waals surface area contributed by atoms with Gasteiger partial charge in [-0.05, 0) is 12.8 Å². The number of carboxylic acids is 1. The fraction of sp³-hybridized carbons (Fsp3) is 0.600. The number of amides is 2. The Morgan fingerprint density at radius 1 is 1.61 bits per heavy atom. The van der Waals surface area contributed by atoms with E-state index in [0.717, 1.165) is 6.42 Å². The highest BCUT2D eigenvalue weighted by Crippen LogP contribution is 2.17. The van der Waals surface area contributed by atoms with Gasteiger partial charge in [0.15, 0.2) is 0 Å². The molecule has 18 heavy (non-hydrogen) atoms. The van der Waals surface area contributed by atoms with Crippen LogP contribution in [0.2, 0.25) is 0 Å². The number of aromatic amines is 1. The number of carbonyl (C=O) groups is 2. The Labute approximate surface area is 103 Å². The lowest BCUT2D eigenvalue weighted by Crippen LogP contribution is -2.46. The van der Waals surface area contributed by atoms with Gasteiger partial charge in [0.2, 0.25) is 0 Å². The van der Waals surface area contributed by atoms with Gasteiger partial charge in [-0.3, -0.25) is 5.10 Å². The highest BCUT2D eigenvalue weighted by molar-refractivity contribution is 5.83. The molecule has 0 aliphatic carbocycles. The number of nitrogens with one attached hydrogen (secondary N) is 2. The predicted molar refractivity (Wildman–Crippen MR) is 60.8 cm³/mol. The summed E-state index contributed by atoms with van der Waals surface area (Å²) in [5, 5.41) is 18.0. The molecule has 0 radical (unpaired) electrons. The number of aliphatic carboxylic acids is 1. The van der Waals surface area contributed by atoms with E-state index >= 15 is 0 Å². The number of urea groups is 1. The molecule has 1 aliphatic heterocycles. The summed E-state index contributed by atoms with van der Waals surface area (Å²) >= 11 is 0. The quantitative estimate of drug-likeness (QED) is 0.676. The topological polar surface area (TPSA) is 111 Å². The van der Waals surface area contributed by atoms with Gasteiger partial charge < -0.3 is 15.3 Å². The molecule has 0 saturated carbocycles. The summed E-state index contributed by atoms with van der Waals surface area (Å²) in [6.07, 6.45) is 3.19. The lowest BCUT2D eigenvalue weighted by Gasteiger charge is -2.21. The molecule has 2 heterocycles. The second kappa shape index (κ2) is 5.48. The lowest BCUT2D eigenvalue weighted by atomic mass is 10.2. The minimum atomic E-state index is -0.946. The third-order valence-corrected chi connectivity index (χ3v) is 2.90. The summed E-state index contributed by atoms with van der Waals surface area (Å²) in [5.41, 5.74) is 0. The Bertz CT molecular complexity index is 419. The molecule has 0 unspecified atom stereocenters. The Kier molecular flexibility index (Phi) is 3.75. The van der Waals surface area contributed by atoms with Crippen LogP contribution in [0, 0.1) is 0 Å². The first kappa shape index (κ1) is 12.3. The summed E-state index contributed by atoms with van der Waals surface area (Å²) in [7, 11) is 0. The first-order valence-corrected chi connectivity index (χ1v) is 5.80.